The molecule has 2 heterocycles. The lowest BCUT2D eigenvalue weighted by molar-refractivity contribution is -0.139. The van der Waals surface area contributed by atoms with Crippen molar-refractivity contribution >= 4 is 28.5 Å². The SMILES string of the molecule is CN(C)c1ccc(C2NC(c3ccc(N(C)C)cc3)C3C(=O)C2C(c2ccc(N(C)C)cc2)NC3c2ccc(N(C)C)cc2)cc1. The summed E-state index contributed by atoms with van der Waals surface area (Å²) in [6.45, 7) is 0. The minimum Gasteiger partial charge on any atom is -0.378 e. The summed E-state index contributed by atoms with van der Waals surface area (Å²) in [5, 5.41) is 8.14. The first kappa shape index (κ1) is 31.6. The van der Waals surface area contributed by atoms with Gasteiger partial charge in [0.1, 0.15) is 5.78 Å². The highest BCUT2D eigenvalue weighted by Crippen LogP contribution is 2.52. The summed E-state index contributed by atoms with van der Waals surface area (Å²) < 4.78 is 0. The van der Waals surface area contributed by atoms with Gasteiger partial charge >= 0.3 is 0 Å². The molecule has 0 spiro atoms. The lowest BCUT2D eigenvalue weighted by Gasteiger charge is -2.52. The van der Waals surface area contributed by atoms with Crippen LogP contribution in [-0.4, -0.2) is 62.2 Å². The third kappa shape index (κ3) is 5.97. The Morgan fingerprint density at radius 3 is 0.739 bits per heavy atom. The summed E-state index contributed by atoms with van der Waals surface area (Å²) in [6.07, 6.45) is 0. The van der Waals surface area contributed by atoms with Gasteiger partial charge in [0.2, 0.25) is 0 Å². The van der Waals surface area contributed by atoms with Crippen LogP contribution in [0.5, 0.6) is 0 Å². The molecular formula is C39H48N6O. The third-order valence-corrected chi connectivity index (χ3v) is 9.89. The molecule has 0 aromatic heterocycles. The lowest BCUT2D eigenvalue weighted by atomic mass is 9.64. The summed E-state index contributed by atoms with van der Waals surface area (Å²) in [5.41, 5.74) is 9.06. The molecule has 4 aromatic rings. The van der Waals surface area contributed by atoms with Crippen molar-refractivity contribution < 1.29 is 4.79 Å². The summed E-state index contributed by atoms with van der Waals surface area (Å²) in [6, 6.07) is 34.1. The van der Waals surface area contributed by atoms with Gasteiger partial charge in [-0.05, 0) is 70.8 Å². The Bertz CT molecular complexity index is 1390. The predicted octanol–water partition coefficient (Wildman–Crippen LogP) is 6.22. The first-order chi connectivity index (χ1) is 22.0. The molecule has 7 nitrogen and oxygen atoms in total. The Kier molecular flexibility index (Phi) is 8.82. The fourth-order valence-electron chi connectivity index (χ4n) is 7.20. The second-order valence-corrected chi connectivity index (χ2v) is 13.6. The molecule has 2 fully saturated rings. The predicted molar refractivity (Wildman–Crippen MR) is 192 cm³/mol. The van der Waals surface area contributed by atoms with E-state index in [9.17, 15) is 0 Å². The fourth-order valence-corrected chi connectivity index (χ4v) is 7.20. The molecule has 46 heavy (non-hydrogen) atoms. The van der Waals surface area contributed by atoms with Gasteiger partial charge < -0.3 is 30.2 Å². The van der Waals surface area contributed by atoms with E-state index in [4.69, 9.17) is 0 Å². The van der Waals surface area contributed by atoms with Crippen molar-refractivity contribution in [3.05, 3.63) is 119 Å². The number of hydrogen-bond acceptors (Lipinski definition) is 7. The van der Waals surface area contributed by atoms with Crippen LogP contribution in [0.25, 0.3) is 0 Å². The Morgan fingerprint density at radius 1 is 0.370 bits per heavy atom. The molecule has 2 N–H and O–H groups in total. The van der Waals surface area contributed by atoms with E-state index in [1.54, 1.807) is 0 Å². The summed E-state index contributed by atoms with van der Waals surface area (Å²) in [5.74, 6) is -0.255. The topological polar surface area (TPSA) is 54.1 Å². The second kappa shape index (κ2) is 12.8. The molecule has 0 saturated carbocycles. The number of anilines is 4. The molecule has 0 aliphatic carbocycles. The average molecular weight is 617 g/mol. The number of rotatable bonds is 8. The fraction of sp³-hybridized carbons (Fsp3) is 0.359. The maximum Gasteiger partial charge on any atom is 0.146 e. The third-order valence-electron chi connectivity index (χ3n) is 9.89. The lowest BCUT2D eigenvalue weighted by Crippen LogP contribution is -2.60. The zero-order valence-electron chi connectivity index (χ0n) is 28.4. The summed E-state index contributed by atoms with van der Waals surface area (Å²) in [4.78, 5) is 23.6. The number of nitrogens with zero attached hydrogens (tertiary/aromatic N) is 4. The number of ketones is 1. The van der Waals surface area contributed by atoms with E-state index in [0.29, 0.717) is 5.78 Å². The van der Waals surface area contributed by atoms with E-state index in [0.717, 1.165) is 45.0 Å². The van der Waals surface area contributed by atoms with Gasteiger partial charge in [0.15, 0.2) is 0 Å². The van der Waals surface area contributed by atoms with Gasteiger partial charge in [0.25, 0.3) is 0 Å². The molecule has 4 atom stereocenters. The largest absolute Gasteiger partial charge is 0.378 e. The summed E-state index contributed by atoms with van der Waals surface area (Å²) >= 11 is 0. The van der Waals surface area contributed by atoms with Crippen molar-refractivity contribution in [1.82, 2.24) is 10.6 Å². The number of hydrogen-bond donors (Lipinski definition) is 2. The van der Waals surface area contributed by atoms with E-state index >= 15 is 4.79 Å². The normalized spacial score (nSPS) is 24.0. The molecule has 0 radical (unpaired) electrons. The van der Waals surface area contributed by atoms with Crippen LogP contribution >= 0.6 is 0 Å². The monoisotopic (exact) mass is 616 g/mol. The number of nitrogens with one attached hydrogen (secondary N) is 2. The van der Waals surface area contributed by atoms with Gasteiger partial charge in [-0.1, -0.05) is 48.5 Å². The van der Waals surface area contributed by atoms with Crippen LogP contribution in [0.1, 0.15) is 46.4 Å². The molecule has 0 amide bonds. The van der Waals surface area contributed by atoms with E-state index in [2.05, 4.69) is 184 Å². The van der Waals surface area contributed by atoms with Crippen molar-refractivity contribution in [3.8, 4) is 0 Å². The van der Waals surface area contributed by atoms with Crippen molar-refractivity contribution in [2.75, 3.05) is 76.0 Å². The maximum absolute atomic E-state index is 15.1. The number of benzene rings is 4. The zero-order chi connectivity index (χ0) is 32.7. The standard InChI is InChI=1S/C39H48N6O/c1-42(2)29-17-9-25(10-18-29)35-33-36(26-11-19-30(20-12-26)43(3)4)41-38(28-15-23-32(24-16-28)45(7)8)34(39(33)46)37(40-35)27-13-21-31(22-14-27)44(5)6/h9-24,33-38,40-41H,1-8H3. The van der Waals surface area contributed by atoms with Crippen LogP contribution in [0.3, 0.4) is 0 Å². The molecule has 2 aliphatic rings. The van der Waals surface area contributed by atoms with Crippen LogP contribution in [-0.2, 0) is 4.79 Å². The van der Waals surface area contributed by atoms with Crippen molar-refractivity contribution in [2.45, 2.75) is 24.2 Å². The van der Waals surface area contributed by atoms with Crippen molar-refractivity contribution in [1.29, 1.82) is 0 Å². The molecule has 2 bridgehead atoms. The zero-order valence-corrected chi connectivity index (χ0v) is 28.4. The van der Waals surface area contributed by atoms with Crippen LogP contribution in [0.15, 0.2) is 97.1 Å². The number of carbonyl (C=O) groups is 1. The van der Waals surface area contributed by atoms with Gasteiger partial charge in [-0.3, -0.25) is 4.79 Å². The summed E-state index contributed by atoms with van der Waals surface area (Å²) in [7, 11) is 16.4. The van der Waals surface area contributed by atoms with Gasteiger partial charge in [-0.25, -0.2) is 0 Å². The van der Waals surface area contributed by atoms with Crippen molar-refractivity contribution in [2.24, 2.45) is 11.8 Å². The number of piperidine rings is 2. The highest BCUT2D eigenvalue weighted by atomic mass is 16.1. The second-order valence-electron chi connectivity index (χ2n) is 13.6. The molecule has 4 aromatic carbocycles. The minimum atomic E-state index is -0.282. The molecular weight excluding hydrogens is 568 g/mol. The minimum absolute atomic E-state index is 0.165. The van der Waals surface area contributed by atoms with Gasteiger partial charge in [-0.15, -0.1) is 0 Å². The number of Topliss-reactive ketones (excluding diaryl/α,β-unsaturated/α-hetero) is 1. The van der Waals surface area contributed by atoms with Gasteiger partial charge in [0.05, 0.1) is 11.8 Å². The van der Waals surface area contributed by atoms with Crippen LogP contribution < -0.4 is 30.2 Å². The first-order valence-electron chi connectivity index (χ1n) is 16.2. The molecule has 6 rings (SSSR count). The Balaban J connectivity index is 1.49. The molecule has 4 unspecified atom stereocenters. The number of fused-ring (bicyclic) bond motifs is 2. The van der Waals surface area contributed by atoms with Gasteiger partial charge in [-0.2, -0.15) is 0 Å². The van der Waals surface area contributed by atoms with E-state index in [1.165, 1.54) is 0 Å². The highest BCUT2D eigenvalue weighted by molar-refractivity contribution is 5.89. The molecule has 240 valence electrons. The Morgan fingerprint density at radius 2 is 0.565 bits per heavy atom. The molecule has 2 saturated heterocycles. The van der Waals surface area contributed by atoms with E-state index in [-0.39, 0.29) is 36.0 Å². The van der Waals surface area contributed by atoms with Crippen molar-refractivity contribution in [3.63, 3.8) is 0 Å². The van der Waals surface area contributed by atoms with E-state index in [1.807, 2.05) is 0 Å². The first-order valence-corrected chi connectivity index (χ1v) is 16.2. The number of carbonyl (C=O) groups excluding carboxylic acids is 1. The smallest absolute Gasteiger partial charge is 0.146 e. The maximum atomic E-state index is 15.1. The van der Waals surface area contributed by atoms with Crippen LogP contribution in [0.2, 0.25) is 0 Å². The van der Waals surface area contributed by atoms with Gasteiger partial charge in [0, 0.05) is 103 Å². The quantitative estimate of drug-likeness (QED) is 0.244. The van der Waals surface area contributed by atoms with Crippen LogP contribution in [0.4, 0.5) is 22.7 Å². The Hall–Kier alpha value is -4.33. The Labute approximate surface area is 274 Å². The molecule has 7 heteroatoms. The van der Waals surface area contributed by atoms with E-state index < -0.39 is 0 Å². The average Bonchev–Trinajstić information content (AvgIpc) is 3.05. The van der Waals surface area contributed by atoms with Crippen LogP contribution in [0, 0.1) is 11.8 Å². The highest BCUT2D eigenvalue weighted by Gasteiger charge is 2.55. The molecule has 2 aliphatic heterocycles.